The van der Waals surface area contributed by atoms with E-state index in [0.717, 1.165) is 19.3 Å². The first-order valence-electron chi connectivity index (χ1n) is 9.81. The maximum atomic E-state index is 12.3. The van der Waals surface area contributed by atoms with E-state index in [1.807, 2.05) is 20.8 Å². The molecule has 0 spiro atoms. The standard InChI is InChI=1S/C19H31F3N2O4/c1-13(27-12-19(20,21)22)16(25)23-8-5-14(6-9-23)15-7-10-24(11-15)17(26)28-18(2,3)4/h13-15H,5-12H2,1-4H3/t13-,15+/m0/s1. The van der Waals surface area contributed by atoms with Crippen molar-refractivity contribution in [3.05, 3.63) is 0 Å². The molecule has 28 heavy (non-hydrogen) atoms. The second kappa shape index (κ2) is 8.88. The van der Waals surface area contributed by atoms with Gasteiger partial charge < -0.3 is 19.3 Å². The van der Waals surface area contributed by atoms with Crippen molar-refractivity contribution < 1.29 is 32.2 Å². The fraction of sp³-hybridized carbons (Fsp3) is 0.895. The second-order valence-corrected chi connectivity index (χ2v) is 8.71. The first kappa shape index (κ1) is 22.8. The summed E-state index contributed by atoms with van der Waals surface area (Å²) >= 11 is 0. The van der Waals surface area contributed by atoms with Gasteiger partial charge in [0.05, 0.1) is 0 Å². The predicted octanol–water partition coefficient (Wildman–Crippen LogP) is 3.45. The maximum absolute atomic E-state index is 12.3. The highest BCUT2D eigenvalue weighted by atomic mass is 19.4. The Morgan fingerprint density at radius 3 is 2.07 bits per heavy atom. The van der Waals surface area contributed by atoms with E-state index in [9.17, 15) is 22.8 Å². The summed E-state index contributed by atoms with van der Waals surface area (Å²) in [6, 6.07) is 0. The Morgan fingerprint density at radius 1 is 1.00 bits per heavy atom. The second-order valence-electron chi connectivity index (χ2n) is 8.71. The maximum Gasteiger partial charge on any atom is 0.411 e. The minimum absolute atomic E-state index is 0.293. The summed E-state index contributed by atoms with van der Waals surface area (Å²) in [6.45, 7) is 7.78. The number of carbonyl (C=O) groups is 2. The van der Waals surface area contributed by atoms with Crippen molar-refractivity contribution in [2.75, 3.05) is 32.8 Å². The number of piperidine rings is 1. The molecule has 2 atom stereocenters. The molecule has 9 heteroatoms. The molecular formula is C19H31F3N2O4. The zero-order chi connectivity index (χ0) is 21.1. The molecule has 0 bridgehead atoms. The minimum atomic E-state index is -4.44. The molecular weight excluding hydrogens is 377 g/mol. The van der Waals surface area contributed by atoms with Crippen molar-refractivity contribution in [1.82, 2.24) is 9.80 Å². The van der Waals surface area contributed by atoms with Crippen LogP contribution in [0, 0.1) is 11.8 Å². The van der Waals surface area contributed by atoms with E-state index in [1.54, 1.807) is 9.80 Å². The molecule has 2 aliphatic rings. The van der Waals surface area contributed by atoms with Gasteiger partial charge in [0.1, 0.15) is 18.3 Å². The fourth-order valence-electron chi connectivity index (χ4n) is 3.80. The average Bonchev–Trinajstić information content (AvgIpc) is 3.07. The highest BCUT2D eigenvalue weighted by molar-refractivity contribution is 5.80. The van der Waals surface area contributed by atoms with Crippen LogP contribution in [-0.4, -0.2) is 72.5 Å². The molecule has 162 valence electrons. The molecule has 0 aliphatic carbocycles. The number of carbonyl (C=O) groups excluding carboxylic acids is 2. The Morgan fingerprint density at radius 2 is 1.54 bits per heavy atom. The van der Waals surface area contributed by atoms with E-state index >= 15 is 0 Å². The normalized spacial score (nSPS) is 23.0. The number of alkyl halides is 3. The SMILES string of the molecule is C[C@H](OCC(F)(F)F)C(=O)N1CCC([C@@H]2CCN(C(=O)OC(C)(C)C)C2)CC1. The molecule has 6 nitrogen and oxygen atoms in total. The summed E-state index contributed by atoms with van der Waals surface area (Å²) in [7, 11) is 0. The van der Waals surface area contributed by atoms with E-state index in [2.05, 4.69) is 4.74 Å². The van der Waals surface area contributed by atoms with E-state index in [4.69, 9.17) is 4.74 Å². The molecule has 0 aromatic rings. The van der Waals surface area contributed by atoms with Gasteiger partial charge >= 0.3 is 12.3 Å². The lowest BCUT2D eigenvalue weighted by molar-refractivity contribution is -0.188. The third-order valence-corrected chi connectivity index (χ3v) is 5.24. The van der Waals surface area contributed by atoms with Crippen molar-refractivity contribution in [1.29, 1.82) is 0 Å². The van der Waals surface area contributed by atoms with Crippen LogP contribution in [0.1, 0.15) is 47.0 Å². The average molecular weight is 408 g/mol. The van der Waals surface area contributed by atoms with Gasteiger partial charge in [0.25, 0.3) is 5.91 Å². The molecule has 2 fully saturated rings. The zero-order valence-corrected chi connectivity index (χ0v) is 17.1. The molecule has 2 rings (SSSR count). The lowest BCUT2D eigenvalue weighted by atomic mass is 9.83. The summed E-state index contributed by atoms with van der Waals surface area (Å²) in [5.41, 5.74) is -0.522. The summed E-state index contributed by atoms with van der Waals surface area (Å²) in [5.74, 6) is 0.357. The van der Waals surface area contributed by atoms with Crippen LogP contribution >= 0.6 is 0 Å². The van der Waals surface area contributed by atoms with Crippen molar-refractivity contribution in [3.8, 4) is 0 Å². The van der Waals surface area contributed by atoms with Crippen LogP contribution < -0.4 is 0 Å². The minimum Gasteiger partial charge on any atom is -0.444 e. The number of likely N-dealkylation sites (tertiary alicyclic amines) is 2. The fourth-order valence-corrected chi connectivity index (χ4v) is 3.80. The lowest BCUT2D eigenvalue weighted by Gasteiger charge is -2.36. The van der Waals surface area contributed by atoms with Gasteiger partial charge in [0, 0.05) is 26.2 Å². The van der Waals surface area contributed by atoms with Crippen LogP contribution in [0.15, 0.2) is 0 Å². The summed E-state index contributed by atoms with van der Waals surface area (Å²) < 4.78 is 46.8. The monoisotopic (exact) mass is 408 g/mol. The number of hydrogen-bond acceptors (Lipinski definition) is 4. The molecule has 2 heterocycles. The van der Waals surface area contributed by atoms with Crippen LogP contribution in [0.5, 0.6) is 0 Å². The largest absolute Gasteiger partial charge is 0.444 e. The predicted molar refractivity (Wildman–Crippen MR) is 96.7 cm³/mol. The number of hydrogen-bond donors (Lipinski definition) is 0. The number of nitrogens with zero attached hydrogens (tertiary/aromatic N) is 2. The number of amides is 2. The third-order valence-electron chi connectivity index (χ3n) is 5.24. The van der Waals surface area contributed by atoms with Gasteiger partial charge in [-0.2, -0.15) is 13.2 Å². The van der Waals surface area contributed by atoms with Gasteiger partial charge in [-0.05, 0) is 58.8 Å². The Balaban J connectivity index is 1.76. The topological polar surface area (TPSA) is 59.1 Å². The zero-order valence-electron chi connectivity index (χ0n) is 17.1. The molecule has 0 aromatic carbocycles. The first-order chi connectivity index (χ1) is 12.9. The van der Waals surface area contributed by atoms with Crippen molar-refractivity contribution in [2.45, 2.75) is 64.8 Å². The Kier molecular flexibility index (Phi) is 7.22. The van der Waals surface area contributed by atoms with Crippen LogP contribution in [0.4, 0.5) is 18.0 Å². The van der Waals surface area contributed by atoms with Gasteiger partial charge in [0.2, 0.25) is 0 Å². The molecule has 0 radical (unpaired) electrons. The summed E-state index contributed by atoms with van der Waals surface area (Å²) in [4.78, 5) is 27.8. The van der Waals surface area contributed by atoms with E-state index in [0.29, 0.717) is 38.0 Å². The smallest absolute Gasteiger partial charge is 0.411 e. The number of halogens is 3. The number of rotatable bonds is 4. The van der Waals surface area contributed by atoms with E-state index < -0.39 is 30.4 Å². The van der Waals surface area contributed by atoms with Crippen LogP contribution in [0.2, 0.25) is 0 Å². The Hall–Kier alpha value is -1.51. The molecule has 0 saturated carbocycles. The molecule has 0 aromatic heterocycles. The Labute approximate surface area is 164 Å². The van der Waals surface area contributed by atoms with Gasteiger partial charge in [-0.3, -0.25) is 4.79 Å². The lowest BCUT2D eigenvalue weighted by Crippen LogP contribution is -2.45. The van der Waals surface area contributed by atoms with E-state index in [1.165, 1.54) is 6.92 Å². The highest BCUT2D eigenvalue weighted by Gasteiger charge is 2.37. The summed E-state index contributed by atoms with van der Waals surface area (Å²) in [6.07, 6.45) is -3.37. The molecule has 0 unspecified atom stereocenters. The van der Waals surface area contributed by atoms with Crippen LogP contribution in [0.3, 0.4) is 0 Å². The van der Waals surface area contributed by atoms with Gasteiger partial charge in [-0.25, -0.2) is 4.79 Å². The van der Waals surface area contributed by atoms with Gasteiger partial charge in [-0.15, -0.1) is 0 Å². The van der Waals surface area contributed by atoms with Gasteiger partial charge in [-0.1, -0.05) is 0 Å². The van der Waals surface area contributed by atoms with Crippen molar-refractivity contribution >= 4 is 12.0 Å². The number of ether oxygens (including phenoxy) is 2. The molecule has 2 saturated heterocycles. The highest BCUT2D eigenvalue weighted by Crippen LogP contribution is 2.32. The first-order valence-corrected chi connectivity index (χ1v) is 9.81. The van der Waals surface area contributed by atoms with E-state index in [-0.39, 0.29) is 6.09 Å². The van der Waals surface area contributed by atoms with Crippen LogP contribution in [-0.2, 0) is 14.3 Å². The quantitative estimate of drug-likeness (QED) is 0.715. The summed E-state index contributed by atoms with van der Waals surface area (Å²) in [5, 5.41) is 0. The molecule has 0 N–H and O–H groups in total. The van der Waals surface area contributed by atoms with Crippen LogP contribution in [0.25, 0.3) is 0 Å². The van der Waals surface area contributed by atoms with Crippen molar-refractivity contribution in [2.24, 2.45) is 11.8 Å². The van der Waals surface area contributed by atoms with Crippen molar-refractivity contribution in [3.63, 3.8) is 0 Å². The Bertz CT molecular complexity index is 554. The molecule has 2 amide bonds. The third kappa shape index (κ3) is 6.83. The molecule has 2 aliphatic heterocycles. The van der Waals surface area contributed by atoms with Gasteiger partial charge in [0.15, 0.2) is 0 Å².